The molecule has 1 aromatic rings. The van der Waals surface area contributed by atoms with Gasteiger partial charge in [0.25, 0.3) is 0 Å². The highest BCUT2D eigenvalue weighted by molar-refractivity contribution is 5.79. The van der Waals surface area contributed by atoms with Crippen molar-refractivity contribution in [3.63, 3.8) is 0 Å². The third-order valence-electron chi connectivity index (χ3n) is 2.68. The number of hydrogen-bond donors (Lipinski definition) is 2. The van der Waals surface area contributed by atoms with E-state index in [2.05, 4.69) is 10.1 Å². The predicted octanol–water partition coefficient (Wildman–Crippen LogP) is 0.827. The van der Waals surface area contributed by atoms with Gasteiger partial charge in [-0.05, 0) is 12.8 Å². The molecule has 1 fully saturated rings. The molecule has 5 nitrogen and oxygen atoms in total. The Morgan fingerprint density at radius 3 is 2.79 bits per heavy atom. The Balaban J connectivity index is 1.93. The topological polar surface area (TPSA) is 79.1 Å². The van der Waals surface area contributed by atoms with Gasteiger partial charge in [0.15, 0.2) is 5.82 Å². The summed E-state index contributed by atoms with van der Waals surface area (Å²) in [6.07, 6.45) is 3.44. The van der Waals surface area contributed by atoms with Gasteiger partial charge in [-0.25, -0.2) is 0 Å². The minimum atomic E-state index is 0.248. The number of rotatable bonds is 2. The van der Waals surface area contributed by atoms with Crippen molar-refractivity contribution in [2.45, 2.75) is 12.8 Å². The van der Waals surface area contributed by atoms with Gasteiger partial charge in [0.2, 0.25) is 0 Å². The highest BCUT2D eigenvalue weighted by Gasteiger charge is 2.22. The van der Waals surface area contributed by atoms with Crippen LogP contribution in [0.1, 0.15) is 12.8 Å². The van der Waals surface area contributed by atoms with Crippen molar-refractivity contribution in [3.8, 4) is 0 Å². The fourth-order valence-corrected chi connectivity index (χ4v) is 1.79. The van der Waals surface area contributed by atoms with Crippen molar-refractivity contribution >= 4 is 11.7 Å². The molecule has 0 spiro atoms. The van der Waals surface area contributed by atoms with Gasteiger partial charge in [0.05, 0.1) is 5.84 Å². The summed E-state index contributed by atoms with van der Waals surface area (Å²) in [4.78, 5) is 2.16. The zero-order valence-electron chi connectivity index (χ0n) is 7.94. The van der Waals surface area contributed by atoms with Crippen LogP contribution in [0.15, 0.2) is 16.9 Å². The molecule has 14 heavy (non-hydrogen) atoms. The van der Waals surface area contributed by atoms with E-state index in [0.717, 1.165) is 31.7 Å². The maximum absolute atomic E-state index is 7.35. The summed E-state index contributed by atoms with van der Waals surface area (Å²) in [5, 5.41) is 11.2. The van der Waals surface area contributed by atoms with Gasteiger partial charge in [-0.3, -0.25) is 5.41 Å². The van der Waals surface area contributed by atoms with Crippen LogP contribution in [0.25, 0.3) is 0 Å². The molecule has 0 amide bonds. The van der Waals surface area contributed by atoms with Crippen LogP contribution in [0.2, 0.25) is 0 Å². The number of aromatic nitrogens is 1. The molecule has 1 aliphatic rings. The van der Waals surface area contributed by atoms with Gasteiger partial charge >= 0.3 is 0 Å². The summed E-state index contributed by atoms with van der Waals surface area (Å²) in [5.41, 5.74) is 5.46. The zero-order chi connectivity index (χ0) is 9.97. The van der Waals surface area contributed by atoms with E-state index < -0.39 is 0 Å². The van der Waals surface area contributed by atoms with E-state index in [-0.39, 0.29) is 5.92 Å². The Kier molecular flexibility index (Phi) is 2.39. The van der Waals surface area contributed by atoms with Crippen LogP contribution < -0.4 is 10.6 Å². The second kappa shape index (κ2) is 3.69. The fraction of sp³-hybridized carbons (Fsp3) is 0.556. The van der Waals surface area contributed by atoms with Crippen LogP contribution in [0.5, 0.6) is 0 Å². The molecule has 0 atom stereocenters. The Morgan fingerprint density at radius 2 is 2.29 bits per heavy atom. The van der Waals surface area contributed by atoms with Crippen molar-refractivity contribution in [1.82, 2.24) is 5.16 Å². The molecule has 0 aliphatic carbocycles. The predicted molar refractivity (Wildman–Crippen MR) is 53.4 cm³/mol. The van der Waals surface area contributed by atoms with Crippen molar-refractivity contribution in [1.29, 1.82) is 5.41 Å². The molecular weight excluding hydrogens is 180 g/mol. The number of nitrogens with one attached hydrogen (secondary N) is 1. The molecule has 2 heterocycles. The minimum absolute atomic E-state index is 0.248. The quantitative estimate of drug-likeness (QED) is 0.539. The lowest BCUT2D eigenvalue weighted by Gasteiger charge is -2.30. The van der Waals surface area contributed by atoms with Crippen molar-refractivity contribution in [3.05, 3.63) is 12.3 Å². The van der Waals surface area contributed by atoms with Crippen LogP contribution in [0.4, 0.5) is 5.82 Å². The van der Waals surface area contributed by atoms with E-state index in [1.54, 1.807) is 6.26 Å². The SMILES string of the molecule is N=C(N)C1CCN(c2ccon2)CC1. The summed E-state index contributed by atoms with van der Waals surface area (Å²) >= 11 is 0. The monoisotopic (exact) mass is 194 g/mol. The van der Waals surface area contributed by atoms with Crippen molar-refractivity contribution in [2.75, 3.05) is 18.0 Å². The lowest BCUT2D eigenvalue weighted by molar-refractivity contribution is 0.413. The van der Waals surface area contributed by atoms with Gasteiger partial charge in [-0.15, -0.1) is 0 Å². The van der Waals surface area contributed by atoms with E-state index in [0.29, 0.717) is 5.84 Å². The van der Waals surface area contributed by atoms with Crippen LogP contribution in [-0.4, -0.2) is 24.1 Å². The summed E-state index contributed by atoms with van der Waals surface area (Å²) in [5.74, 6) is 1.44. The second-order valence-electron chi connectivity index (χ2n) is 3.57. The first-order chi connectivity index (χ1) is 6.77. The smallest absolute Gasteiger partial charge is 0.171 e. The van der Waals surface area contributed by atoms with Crippen molar-refractivity contribution in [2.24, 2.45) is 11.7 Å². The standard InChI is InChI=1S/C9H14N4O/c10-9(11)7-1-4-13(5-2-7)8-3-6-14-12-8/h3,6-7H,1-2,4-5H2,(H3,10,11). The summed E-state index contributed by atoms with van der Waals surface area (Å²) in [7, 11) is 0. The van der Waals surface area contributed by atoms with Crippen LogP contribution in [-0.2, 0) is 0 Å². The van der Waals surface area contributed by atoms with Gasteiger partial charge < -0.3 is 15.2 Å². The second-order valence-corrected chi connectivity index (χ2v) is 3.57. The average Bonchev–Trinajstić information content (AvgIpc) is 2.71. The average molecular weight is 194 g/mol. The summed E-state index contributed by atoms with van der Waals surface area (Å²) in [6, 6.07) is 1.86. The molecule has 2 rings (SSSR count). The Bertz CT molecular complexity index is 301. The molecule has 1 aliphatic heterocycles. The number of piperidine rings is 1. The first-order valence-corrected chi connectivity index (χ1v) is 4.76. The first-order valence-electron chi connectivity index (χ1n) is 4.76. The van der Waals surface area contributed by atoms with E-state index >= 15 is 0 Å². The number of hydrogen-bond acceptors (Lipinski definition) is 4. The van der Waals surface area contributed by atoms with Gasteiger partial charge in [-0.1, -0.05) is 5.16 Å². The van der Waals surface area contributed by atoms with Gasteiger partial charge in [-0.2, -0.15) is 0 Å². The third kappa shape index (κ3) is 1.71. The van der Waals surface area contributed by atoms with Gasteiger partial charge in [0.1, 0.15) is 6.26 Å². The molecule has 5 heteroatoms. The Hall–Kier alpha value is -1.52. The van der Waals surface area contributed by atoms with E-state index in [4.69, 9.17) is 15.7 Å². The third-order valence-corrected chi connectivity index (χ3v) is 2.68. The Morgan fingerprint density at radius 1 is 1.57 bits per heavy atom. The van der Waals surface area contributed by atoms with Gasteiger partial charge in [0, 0.05) is 25.1 Å². The number of amidine groups is 1. The summed E-state index contributed by atoms with van der Waals surface area (Å²) in [6.45, 7) is 1.80. The number of anilines is 1. The summed E-state index contributed by atoms with van der Waals surface area (Å²) < 4.78 is 4.78. The fourth-order valence-electron chi connectivity index (χ4n) is 1.79. The molecule has 76 valence electrons. The largest absolute Gasteiger partial charge is 0.387 e. The molecule has 1 saturated heterocycles. The lowest BCUT2D eigenvalue weighted by atomic mass is 9.96. The lowest BCUT2D eigenvalue weighted by Crippen LogP contribution is -2.38. The Labute approximate surface area is 82.4 Å². The van der Waals surface area contributed by atoms with E-state index in [1.165, 1.54) is 0 Å². The molecule has 1 aromatic heterocycles. The molecule has 0 saturated carbocycles. The molecular formula is C9H14N4O. The molecule has 3 N–H and O–H groups in total. The van der Waals surface area contributed by atoms with Crippen LogP contribution >= 0.6 is 0 Å². The minimum Gasteiger partial charge on any atom is -0.387 e. The number of nitrogens with two attached hydrogens (primary N) is 1. The molecule has 0 aromatic carbocycles. The van der Waals surface area contributed by atoms with E-state index in [9.17, 15) is 0 Å². The highest BCUT2D eigenvalue weighted by Crippen LogP contribution is 2.21. The maximum Gasteiger partial charge on any atom is 0.171 e. The first kappa shape index (κ1) is 9.05. The highest BCUT2D eigenvalue weighted by atomic mass is 16.5. The molecule has 0 unspecified atom stereocenters. The zero-order valence-corrected chi connectivity index (χ0v) is 7.94. The number of nitrogens with zero attached hydrogens (tertiary/aromatic N) is 2. The normalized spacial score (nSPS) is 18.4. The van der Waals surface area contributed by atoms with Crippen LogP contribution in [0.3, 0.4) is 0 Å². The van der Waals surface area contributed by atoms with E-state index in [1.807, 2.05) is 6.07 Å². The van der Waals surface area contributed by atoms with Crippen LogP contribution in [0, 0.1) is 11.3 Å². The van der Waals surface area contributed by atoms with Crippen molar-refractivity contribution < 1.29 is 4.52 Å². The maximum atomic E-state index is 7.35. The molecule has 0 bridgehead atoms. The molecule has 0 radical (unpaired) electrons.